The second-order valence-electron chi connectivity index (χ2n) is 5.68. The second kappa shape index (κ2) is 6.63. The quantitative estimate of drug-likeness (QED) is 0.737. The van der Waals surface area contributed by atoms with Crippen molar-refractivity contribution >= 4 is 28.8 Å². The van der Waals surface area contributed by atoms with Gasteiger partial charge in [0.2, 0.25) is 0 Å². The van der Waals surface area contributed by atoms with E-state index >= 15 is 0 Å². The van der Waals surface area contributed by atoms with Crippen LogP contribution in [0, 0.1) is 11.7 Å². The van der Waals surface area contributed by atoms with Crippen molar-refractivity contribution in [3.8, 4) is 0 Å². The van der Waals surface area contributed by atoms with Gasteiger partial charge in [-0.3, -0.25) is 9.79 Å². The summed E-state index contributed by atoms with van der Waals surface area (Å²) in [6, 6.07) is 12.7. The lowest BCUT2D eigenvalue weighted by molar-refractivity contribution is 0.0947. The highest BCUT2D eigenvalue weighted by Gasteiger charge is 2.31. The summed E-state index contributed by atoms with van der Waals surface area (Å²) < 4.78 is 13.7. The monoisotopic (exact) mass is 329 g/mol. The summed E-state index contributed by atoms with van der Waals surface area (Å²) in [6.07, 6.45) is 2.17. The lowest BCUT2D eigenvalue weighted by Crippen LogP contribution is -2.28. The van der Waals surface area contributed by atoms with Gasteiger partial charge in [-0.1, -0.05) is 48.9 Å². The van der Waals surface area contributed by atoms with E-state index in [2.05, 4.69) is 4.99 Å². The maximum atomic E-state index is 13.7. The molecule has 0 radical (unpaired) electrons. The number of aliphatic imine (C=N–C) groups is 1. The number of fused-ring (bicyclic) bond motifs is 1. The molecule has 0 spiro atoms. The van der Waals surface area contributed by atoms with Gasteiger partial charge in [0.25, 0.3) is 0 Å². The Morgan fingerprint density at radius 1 is 1.22 bits per heavy atom. The van der Waals surface area contributed by atoms with Crippen molar-refractivity contribution in [2.45, 2.75) is 26.2 Å². The van der Waals surface area contributed by atoms with Crippen LogP contribution in [0.2, 0.25) is 5.02 Å². The molecule has 1 aliphatic rings. The zero-order valence-corrected chi connectivity index (χ0v) is 13.6. The van der Waals surface area contributed by atoms with E-state index in [0.717, 1.165) is 12.1 Å². The predicted octanol–water partition coefficient (Wildman–Crippen LogP) is 5.41. The zero-order chi connectivity index (χ0) is 16.4. The van der Waals surface area contributed by atoms with Crippen molar-refractivity contribution in [2.24, 2.45) is 10.9 Å². The summed E-state index contributed by atoms with van der Waals surface area (Å²) in [7, 11) is 0. The first-order chi connectivity index (χ1) is 11.1. The van der Waals surface area contributed by atoms with E-state index in [-0.39, 0.29) is 16.7 Å². The number of Topliss-reactive ketones (excluding diaryl/α,β-unsaturated/α-hetero) is 1. The molecule has 1 unspecified atom stereocenters. The van der Waals surface area contributed by atoms with Crippen LogP contribution >= 0.6 is 11.6 Å². The summed E-state index contributed by atoms with van der Waals surface area (Å²) in [4.78, 5) is 17.3. The minimum absolute atomic E-state index is 0.00140. The Hall–Kier alpha value is -2.00. The van der Waals surface area contributed by atoms with Crippen LogP contribution in [0.4, 0.5) is 10.1 Å². The van der Waals surface area contributed by atoms with Crippen LogP contribution in [0.3, 0.4) is 0 Å². The van der Waals surface area contributed by atoms with Crippen molar-refractivity contribution in [1.29, 1.82) is 0 Å². The van der Waals surface area contributed by atoms with Crippen LogP contribution in [0.25, 0.3) is 0 Å². The standard InChI is InChI=1S/C19H17ClFNO/c1-2-17-13(9-8-12-6-4-3-5-7-12)19(23)14-10-16(21)15(20)11-18(14)22-17/h3-7,10-11,13H,2,8-9H2,1H3. The molecule has 1 aliphatic heterocycles. The lowest BCUT2D eigenvalue weighted by Gasteiger charge is -2.23. The molecule has 0 amide bonds. The normalized spacial score (nSPS) is 16.9. The van der Waals surface area contributed by atoms with Gasteiger partial charge in [-0.25, -0.2) is 4.39 Å². The van der Waals surface area contributed by atoms with E-state index in [1.807, 2.05) is 37.3 Å². The van der Waals surface area contributed by atoms with Crippen LogP contribution < -0.4 is 0 Å². The van der Waals surface area contributed by atoms with Crippen LogP contribution in [0.5, 0.6) is 0 Å². The maximum absolute atomic E-state index is 13.7. The number of hydrogen-bond donors (Lipinski definition) is 0. The molecule has 1 atom stereocenters. The fourth-order valence-corrected chi connectivity index (χ4v) is 3.13. The molecule has 118 valence electrons. The first kappa shape index (κ1) is 15.9. The average Bonchev–Trinajstić information content (AvgIpc) is 2.56. The minimum atomic E-state index is -0.573. The molecule has 0 fully saturated rings. The van der Waals surface area contributed by atoms with Gasteiger partial charge in [-0.15, -0.1) is 0 Å². The molecule has 0 aromatic heterocycles. The van der Waals surface area contributed by atoms with Crippen LogP contribution in [-0.4, -0.2) is 11.5 Å². The van der Waals surface area contributed by atoms with Crippen molar-refractivity contribution in [3.63, 3.8) is 0 Å². The molecule has 2 aromatic carbocycles. The van der Waals surface area contributed by atoms with Crippen LogP contribution in [0.15, 0.2) is 47.5 Å². The number of hydrogen-bond acceptors (Lipinski definition) is 2. The molecule has 0 N–H and O–H groups in total. The predicted molar refractivity (Wildman–Crippen MR) is 91.4 cm³/mol. The Morgan fingerprint density at radius 2 is 1.96 bits per heavy atom. The average molecular weight is 330 g/mol. The smallest absolute Gasteiger partial charge is 0.173 e. The summed E-state index contributed by atoms with van der Waals surface area (Å²) >= 11 is 5.81. The van der Waals surface area contributed by atoms with E-state index in [1.54, 1.807) is 0 Å². The molecular weight excluding hydrogens is 313 g/mol. The number of carbonyl (C=O) groups excluding carboxylic acids is 1. The van der Waals surface area contributed by atoms with Gasteiger partial charge in [0.15, 0.2) is 5.78 Å². The fourth-order valence-electron chi connectivity index (χ4n) is 2.98. The molecule has 0 aliphatic carbocycles. The fraction of sp³-hybridized carbons (Fsp3) is 0.263. The Bertz CT molecular complexity index is 770. The molecule has 3 rings (SSSR count). The summed E-state index contributed by atoms with van der Waals surface area (Å²) in [6.45, 7) is 1.98. The number of rotatable bonds is 4. The third-order valence-electron chi connectivity index (χ3n) is 4.21. The van der Waals surface area contributed by atoms with Gasteiger partial charge in [-0.05, 0) is 37.0 Å². The van der Waals surface area contributed by atoms with Gasteiger partial charge in [0, 0.05) is 11.3 Å². The third-order valence-corrected chi connectivity index (χ3v) is 4.50. The van der Waals surface area contributed by atoms with E-state index in [1.165, 1.54) is 17.7 Å². The van der Waals surface area contributed by atoms with Crippen molar-refractivity contribution in [3.05, 3.63) is 64.4 Å². The first-order valence-corrected chi connectivity index (χ1v) is 8.12. The van der Waals surface area contributed by atoms with E-state index in [9.17, 15) is 9.18 Å². The highest BCUT2D eigenvalue weighted by molar-refractivity contribution is 6.31. The van der Waals surface area contributed by atoms with Gasteiger partial charge in [-0.2, -0.15) is 0 Å². The van der Waals surface area contributed by atoms with Gasteiger partial charge in [0.1, 0.15) is 5.82 Å². The molecule has 0 saturated heterocycles. The molecule has 0 saturated carbocycles. The third kappa shape index (κ3) is 3.20. The molecule has 4 heteroatoms. The Labute approximate surface area is 140 Å². The first-order valence-electron chi connectivity index (χ1n) is 7.74. The second-order valence-corrected chi connectivity index (χ2v) is 6.09. The number of benzene rings is 2. The zero-order valence-electron chi connectivity index (χ0n) is 12.9. The minimum Gasteiger partial charge on any atom is -0.293 e. The Balaban J connectivity index is 1.89. The van der Waals surface area contributed by atoms with Crippen molar-refractivity contribution in [1.82, 2.24) is 0 Å². The van der Waals surface area contributed by atoms with Gasteiger partial charge >= 0.3 is 0 Å². The highest BCUT2D eigenvalue weighted by atomic mass is 35.5. The largest absolute Gasteiger partial charge is 0.293 e. The maximum Gasteiger partial charge on any atom is 0.173 e. The number of ketones is 1. The summed E-state index contributed by atoms with van der Waals surface area (Å²) in [5.41, 5.74) is 2.85. The Kier molecular flexibility index (Phi) is 4.58. The van der Waals surface area contributed by atoms with Crippen LogP contribution in [-0.2, 0) is 6.42 Å². The summed E-state index contributed by atoms with van der Waals surface area (Å²) in [5.74, 6) is -0.914. The number of halogens is 2. The topological polar surface area (TPSA) is 29.4 Å². The van der Waals surface area contributed by atoms with Crippen molar-refractivity contribution in [2.75, 3.05) is 0 Å². The van der Waals surface area contributed by atoms with E-state index < -0.39 is 5.82 Å². The number of nitrogens with zero attached hydrogens (tertiary/aromatic N) is 1. The molecular formula is C19H17ClFNO. The molecule has 23 heavy (non-hydrogen) atoms. The highest BCUT2D eigenvalue weighted by Crippen LogP contribution is 2.35. The Morgan fingerprint density at radius 3 is 2.65 bits per heavy atom. The lowest BCUT2D eigenvalue weighted by atomic mass is 9.84. The van der Waals surface area contributed by atoms with Crippen LogP contribution in [0.1, 0.15) is 35.7 Å². The number of aryl methyl sites for hydroxylation is 1. The van der Waals surface area contributed by atoms with E-state index in [0.29, 0.717) is 24.1 Å². The molecule has 2 aromatic rings. The SMILES string of the molecule is CCC1=Nc2cc(Cl)c(F)cc2C(=O)C1CCc1ccccc1. The molecule has 0 bridgehead atoms. The molecule has 2 nitrogen and oxygen atoms in total. The van der Waals surface area contributed by atoms with Gasteiger partial charge in [0.05, 0.1) is 16.6 Å². The van der Waals surface area contributed by atoms with E-state index in [4.69, 9.17) is 11.6 Å². The summed E-state index contributed by atoms with van der Waals surface area (Å²) in [5, 5.41) is -0.00140. The van der Waals surface area contributed by atoms with Gasteiger partial charge < -0.3 is 0 Å². The number of carbonyl (C=O) groups is 1. The van der Waals surface area contributed by atoms with Crippen molar-refractivity contribution < 1.29 is 9.18 Å². The molecule has 1 heterocycles.